The van der Waals surface area contributed by atoms with Gasteiger partial charge in [0.25, 0.3) is 0 Å². The van der Waals surface area contributed by atoms with Crippen LogP contribution in [0.3, 0.4) is 0 Å². The summed E-state index contributed by atoms with van der Waals surface area (Å²) < 4.78 is 25.1. The summed E-state index contributed by atoms with van der Waals surface area (Å²) in [4.78, 5) is 3.96. The SMILES string of the molecule is Cl.O=S(=O)(c1ncccc1Br)C1CCCNC1. The molecule has 1 saturated heterocycles. The van der Waals surface area contributed by atoms with Crippen LogP contribution in [0.25, 0.3) is 0 Å². The van der Waals surface area contributed by atoms with E-state index in [4.69, 9.17) is 0 Å². The Labute approximate surface area is 116 Å². The standard InChI is InChI=1S/C10H13BrN2O2S.ClH/c11-9-4-2-6-13-10(9)16(14,15)8-3-1-5-12-7-8;/h2,4,6,8,12H,1,3,5,7H2;1H. The molecule has 0 amide bonds. The lowest BCUT2D eigenvalue weighted by atomic mass is 10.2. The summed E-state index contributed by atoms with van der Waals surface area (Å²) in [6.07, 6.45) is 3.11. The van der Waals surface area contributed by atoms with Gasteiger partial charge in [0, 0.05) is 12.7 Å². The van der Waals surface area contributed by atoms with Crippen LogP contribution >= 0.6 is 28.3 Å². The minimum absolute atomic E-state index is 0. The number of halogens is 2. The number of piperidine rings is 1. The van der Waals surface area contributed by atoms with Crippen LogP contribution < -0.4 is 5.32 Å². The van der Waals surface area contributed by atoms with Gasteiger partial charge in [0.2, 0.25) is 9.84 Å². The summed E-state index contributed by atoms with van der Waals surface area (Å²) >= 11 is 3.24. The maximum Gasteiger partial charge on any atom is 0.200 e. The molecule has 2 heterocycles. The Balaban J connectivity index is 0.00000144. The Hall–Kier alpha value is -0.170. The van der Waals surface area contributed by atoms with Crippen LogP contribution in [0.4, 0.5) is 0 Å². The summed E-state index contributed by atoms with van der Waals surface area (Å²) in [6, 6.07) is 3.42. The lowest BCUT2D eigenvalue weighted by Crippen LogP contribution is -2.39. The van der Waals surface area contributed by atoms with Crippen LogP contribution in [0.15, 0.2) is 27.8 Å². The van der Waals surface area contributed by atoms with Gasteiger partial charge in [-0.3, -0.25) is 0 Å². The molecule has 7 heteroatoms. The number of sulfone groups is 1. The molecule has 2 rings (SSSR count). The first-order valence-electron chi connectivity index (χ1n) is 5.17. The van der Waals surface area contributed by atoms with Crippen LogP contribution in [-0.2, 0) is 9.84 Å². The third-order valence-electron chi connectivity index (χ3n) is 2.68. The second kappa shape index (κ2) is 6.13. The van der Waals surface area contributed by atoms with E-state index in [9.17, 15) is 8.42 Å². The van der Waals surface area contributed by atoms with E-state index in [1.165, 1.54) is 6.20 Å². The number of nitrogens with one attached hydrogen (secondary N) is 1. The van der Waals surface area contributed by atoms with Crippen molar-refractivity contribution in [3.63, 3.8) is 0 Å². The first kappa shape index (κ1) is 14.9. The molecule has 0 saturated carbocycles. The van der Waals surface area contributed by atoms with Gasteiger partial charge in [-0.2, -0.15) is 0 Å². The van der Waals surface area contributed by atoms with Gasteiger partial charge in [-0.05, 0) is 47.4 Å². The van der Waals surface area contributed by atoms with Gasteiger partial charge in [0.15, 0.2) is 5.03 Å². The monoisotopic (exact) mass is 340 g/mol. The number of rotatable bonds is 2. The highest BCUT2D eigenvalue weighted by molar-refractivity contribution is 9.10. The first-order valence-corrected chi connectivity index (χ1v) is 7.51. The van der Waals surface area contributed by atoms with Crippen molar-refractivity contribution >= 4 is 38.2 Å². The summed E-state index contributed by atoms with van der Waals surface area (Å²) in [5, 5.41) is 2.91. The third kappa shape index (κ3) is 3.19. The first-order chi connectivity index (χ1) is 7.62. The van der Waals surface area contributed by atoms with Crippen molar-refractivity contribution in [1.29, 1.82) is 0 Å². The van der Waals surface area contributed by atoms with Crippen molar-refractivity contribution in [3.05, 3.63) is 22.8 Å². The summed E-state index contributed by atoms with van der Waals surface area (Å²) in [7, 11) is -3.31. The molecule has 1 aromatic heterocycles. The maximum absolute atomic E-state index is 12.3. The van der Waals surface area contributed by atoms with Gasteiger partial charge in [0.1, 0.15) is 0 Å². The van der Waals surface area contributed by atoms with Gasteiger partial charge < -0.3 is 5.32 Å². The Morgan fingerprint density at radius 1 is 1.47 bits per heavy atom. The predicted molar refractivity (Wildman–Crippen MR) is 72.3 cm³/mol. The van der Waals surface area contributed by atoms with E-state index >= 15 is 0 Å². The molecule has 0 bridgehead atoms. The molecule has 0 aromatic carbocycles. The molecule has 1 aliphatic rings. The Morgan fingerprint density at radius 2 is 2.24 bits per heavy atom. The molecule has 0 radical (unpaired) electrons. The molecule has 0 aliphatic carbocycles. The molecule has 1 aliphatic heterocycles. The fraction of sp³-hybridized carbons (Fsp3) is 0.500. The Bertz CT molecular complexity index is 475. The fourth-order valence-corrected chi connectivity index (χ4v) is 4.43. The highest BCUT2D eigenvalue weighted by Gasteiger charge is 2.31. The zero-order chi connectivity index (χ0) is 11.6. The summed E-state index contributed by atoms with van der Waals surface area (Å²) in [5.74, 6) is 0. The largest absolute Gasteiger partial charge is 0.315 e. The molecule has 1 unspecified atom stereocenters. The molecule has 4 nitrogen and oxygen atoms in total. The summed E-state index contributed by atoms with van der Waals surface area (Å²) in [5.41, 5.74) is 0. The van der Waals surface area contributed by atoms with Crippen LogP contribution in [0, 0.1) is 0 Å². The third-order valence-corrected chi connectivity index (χ3v) is 5.73. The number of hydrogen-bond donors (Lipinski definition) is 1. The van der Waals surface area contributed by atoms with Gasteiger partial charge in [-0.25, -0.2) is 13.4 Å². The Kier molecular flexibility index (Phi) is 5.37. The van der Waals surface area contributed by atoms with E-state index < -0.39 is 9.84 Å². The predicted octanol–water partition coefficient (Wildman–Crippen LogP) is 1.79. The number of pyridine rings is 1. The molecular formula is C10H14BrClN2O2S. The molecule has 1 atom stereocenters. The zero-order valence-corrected chi connectivity index (χ0v) is 12.3. The highest BCUT2D eigenvalue weighted by Crippen LogP contribution is 2.25. The highest BCUT2D eigenvalue weighted by atomic mass is 79.9. The quantitative estimate of drug-likeness (QED) is 0.891. The van der Waals surface area contributed by atoms with Gasteiger partial charge >= 0.3 is 0 Å². The lowest BCUT2D eigenvalue weighted by molar-refractivity contribution is 0.495. The lowest BCUT2D eigenvalue weighted by Gasteiger charge is -2.22. The average Bonchev–Trinajstić information content (AvgIpc) is 2.30. The topological polar surface area (TPSA) is 59.1 Å². The fourth-order valence-electron chi connectivity index (χ4n) is 1.82. The van der Waals surface area contributed by atoms with Crippen LogP contribution in [-0.4, -0.2) is 31.7 Å². The Morgan fingerprint density at radius 3 is 2.82 bits per heavy atom. The van der Waals surface area contributed by atoms with E-state index in [2.05, 4.69) is 26.2 Å². The van der Waals surface area contributed by atoms with E-state index in [0.29, 0.717) is 17.4 Å². The van der Waals surface area contributed by atoms with Crippen molar-refractivity contribution in [2.24, 2.45) is 0 Å². The van der Waals surface area contributed by atoms with Crippen LogP contribution in [0.5, 0.6) is 0 Å². The maximum atomic E-state index is 12.3. The van der Waals surface area contributed by atoms with E-state index in [1.807, 2.05) is 0 Å². The van der Waals surface area contributed by atoms with Crippen LogP contribution in [0.2, 0.25) is 0 Å². The average molecular weight is 342 g/mol. The molecule has 17 heavy (non-hydrogen) atoms. The number of aromatic nitrogens is 1. The molecule has 1 aromatic rings. The van der Waals surface area contributed by atoms with Crippen molar-refractivity contribution in [2.75, 3.05) is 13.1 Å². The minimum Gasteiger partial charge on any atom is -0.315 e. The van der Waals surface area contributed by atoms with Crippen LogP contribution in [0.1, 0.15) is 12.8 Å². The van der Waals surface area contributed by atoms with Gasteiger partial charge in [-0.15, -0.1) is 12.4 Å². The smallest absolute Gasteiger partial charge is 0.200 e. The van der Waals surface area contributed by atoms with Crippen molar-refractivity contribution in [2.45, 2.75) is 23.1 Å². The summed E-state index contributed by atoms with van der Waals surface area (Å²) in [6.45, 7) is 1.42. The second-order valence-corrected chi connectivity index (χ2v) is 6.80. The van der Waals surface area contributed by atoms with Gasteiger partial charge in [-0.1, -0.05) is 0 Å². The van der Waals surface area contributed by atoms with Crippen molar-refractivity contribution in [1.82, 2.24) is 10.3 Å². The molecule has 1 N–H and O–H groups in total. The van der Waals surface area contributed by atoms with Crippen molar-refractivity contribution in [3.8, 4) is 0 Å². The zero-order valence-electron chi connectivity index (χ0n) is 9.10. The molecule has 96 valence electrons. The van der Waals surface area contributed by atoms with E-state index in [-0.39, 0.29) is 22.7 Å². The molecule has 1 fully saturated rings. The molecular weight excluding hydrogens is 328 g/mol. The van der Waals surface area contributed by atoms with E-state index in [1.54, 1.807) is 12.1 Å². The normalized spacial score (nSPS) is 20.6. The number of nitrogens with zero attached hydrogens (tertiary/aromatic N) is 1. The van der Waals surface area contributed by atoms with Gasteiger partial charge in [0.05, 0.1) is 9.72 Å². The number of hydrogen-bond acceptors (Lipinski definition) is 4. The minimum atomic E-state index is -3.31. The van der Waals surface area contributed by atoms with Crippen molar-refractivity contribution < 1.29 is 8.42 Å². The molecule has 0 spiro atoms. The van der Waals surface area contributed by atoms with E-state index in [0.717, 1.165) is 13.0 Å². The second-order valence-electron chi connectivity index (χ2n) is 3.80.